The molecule has 1 N–H and O–H groups in total. The van der Waals surface area contributed by atoms with E-state index in [0.29, 0.717) is 12.8 Å². The van der Waals surface area contributed by atoms with E-state index < -0.39 is 5.60 Å². The van der Waals surface area contributed by atoms with Crippen LogP contribution in [0.4, 0.5) is 4.79 Å². The number of carbonyl (C=O) groups is 1. The van der Waals surface area contributed by atoms with Crippen LogP contribution in [0.2, 0.25) is 0 Å². The van der Waals surface area contributed by atoms with Crippen molar-refractivity contribution in [3.63, 3.8) is 0 Å². The Labute approximate surface area is 103 Å². The summed E-state index contributed by atoms with van der Waals surface area (Å²) in [6, 6.07) is 0.368. The minimum atomic E-state index is -0.396. The average Bonchev–Trinajstić information content (AvgIpc) is 2.51. The maximum atomic E-state index is 12.2. The number of fused-ring (bicyclic) bond motifs is 2. The molecule has 3 atom stereocenters. The predicted molar refractivity (Wildman–Crippen MR) is 64.7 cm³/mol. The van der Waals surface area contributed by atoms with Crippen LogP contribution in [-0.4, -0.2) is 39.9 Å². The van der Waals surface area contributed by atoms with Crippen LogP contribution < -0.4 is 0 Å². The molecule has 98 valence electrons. The highest BCUT2D eigenvalue weighted by atomic mass is 16.6. The minimum Gasteiger partial charge on any atom is -0.443 e. The summed E-state index contributed by atoms with van der Waals surface area (Å²) in [5.74, 6) is 0. The standard InChI is InChI=1S/C13H23NO3/c1-4-13(2,3)17-12(16)14-9-5-6-10(14)8-11(15)7-9/h9-11,15H,4-8H2,1-3H3/t9-,10+,11?. The smallest absolute Gasteiger partial charge is 0.410 e. The Balaban J connectivity index is 2.01. The molecule has 2 heterocycles. The zero-order chi connectivity index (χ0) is 12.6. The van der Waals surface area contributed by atoms with Gasteiger partial charge in [0.1, 0.15) is 5.60 Å². The molecule has 17 heavy (non-hydrogen) atoms. The zero-order valence-corrected chi connectivity index (χ0v) is 11.0. The molecular formula is C13H23NO3. The number of piperidine rings is 1. The van der Waals surface area contributed by atoms with Crippen molar-refractivity contribution in [2.45, 2.75) is 76.7 Å². The second-order valence-corrected chi connectivity index (χ2v) is 5.90. The van der Waals surface area contributed by atoms with Crippen molar-refractivity contribution in [3.05, 3.63) is 0 Å². The van der Waals surface area contributed by atoms with Gasteiger partial charge in [0.2, 0.25) is 0 Å². The van der Waals surface area contributed by atoms with E-state index in [1.165, 1.54) is 0 Å². The summed E-state index contributed by atoms with van der Waals surface area (Å²) in [4.78, 5) is 14.0. The molecule has 0 aromatic heterocycles. The lowest BCUT2D eigenvalue weighted by Crippen LogP contribution is -2.49. The second-order valence-electron chi connectivity index (χ2n) is 5.90. The predicted octanol–water partition coefficient (Wildman–Crippen LogP) is 2.30. The van der Waals surface area contributed by atoms with Gasteiger partial charge in [-0.05, 0) is 46.0 Å². The van der Waals surface area contributed by atoms with Crippen LogP contribution in [0.15, 0.2) is 0 Å². The molecule has 2 bridgehead atoms. The van der Waals surface area contributed by atoms with Gasteiger partial charge < -0.3 is 14.7 Å². The number of carbonyl (C=O) groups excluding carboxylic acids is 1. The fourth-order valence-corrected chi connectivity index (χ4v) is 2.81. The second kappa shape index (κ2) is 4.48. The molecule has 2 fully saturated rings. The number of aliphatic hydroxyl groups is 1. The minimum absolute atomic E-state index is 0.184. The number of ether oxygens (including phenoxy) is 1. The molecule has 1 unspecified atom stereocenters. The first kappa shape index (κ1) is 12.7. The van der Waals surface area contributed by atoms with Crippen LogP contribution in [0.3, 0.4) is 0 Å². The van der Waals surface area contributed by atoms with Gasteiger partial charge in [0.15, 0.2) is 0 Å². The Morgan fingerprint density at radius 1 is 1.35 bits per heavy atom. The quantitative estimate of drug-likeness (QED) is 0.807. The molecule has 0 aliphatic carbocycles. The molecule has 2 aliphatic rings. The molecule has 0 radical (unpaired) electrons. The lowest BCUT2D eigenvalue weighted by molar-refractivity contribution is -0.0192. The lowest BCUT2D eigenvalue weighted by atomic mass is 10.0. The Bertz CT molecular complexity index is 289. The van der Waals surface area contributed by atoms with Crippen molar-refractivity contribution < 1.29 is 14.6 Å². The van der Waals surface area contributed by atoms with Crippen LogP contribution in [0.5, 0.6) is 0 Å². The van der Waals surface area contributed by atoms with E-state index in [-0.39, 0.29) is 24.3 Å². The van der Waals surface area contributed by atoms with Crippen LogP contribution in [0.1, 0.15) is 52.9 Å². The number of hydrogen-bond donors (Lipinski definition) is 1. The summed E-state index contributed by atoms with van der Waals surface area (Å²) >= 11 is 0. The monoisotopic (exact) mass is 241 g/mol. The molecule has 2 saturated heterocycles. The molecule has 1 amide bonds. The van der Waals surface area contributed by atoms with Gasteiger partial charge >= 0.3 is 6.09 Å². The van der Waals surface area contributed by atoms with Crippen LogP contribution in [0, 0.1) is 0 Å². The summed E-state index contributed by atoms with van der Waals surface area (Å²) in [6.07, 6.45) is 3.79. The zero-order valence-electron chi connectivity index (χ0n) is 11.0. The molecule has 0 spiro atoms. The molecule has 2 aliphatic heterocycles. The van der Waals surface area contributed by atoms with E-state index in [1.54, 1.807) is 0 Å². The molecule has 0 aromatic rings. The van der Waals surface area contributed by atoms with E-state index in [9.17, 15) is 9.90 Å². The number of amides is 1. The highest BCUT2D eigenvalue weighted by Crippen LogP contribution is 2.36. The van der Waals surface area contributed by atoms with E-state index in [4.69, 9.17) is 4.74 Å². The SMILES string of the molecule is CCC(C)(C)OC(=O)N1[C@@H]2CC[C@H]1CC(O)C2. The number of hydrogen-bond acceptors (Lipinski definition) is 3. The largest absolute Gasteiger partial charge is 0.443 e. The van der Waals surface area contributed by atoms with Crippen LogP contribution >= 0.6 is 0 Å². The Morgan fingerprint density at radius 3 is 2.35 bits per heavy atom. The molecule has 0 aromatic carbocycles. The van der Waals surface area contributed by atoms with Crippen molar-refractivity contribution >= 4 is 6.09 Å². The summed E-state index contributed by atoms with van der Waals surface area (Å²) < 4.78 is 5.55. The van der Waals surface area contributed by atoms with Gasteiger partial charge in [-0.3, -0.25) is 0 Å². The summed E-state index contributed by atoms with van der Waals surface area (Å²) in [5, 5.41) is 9.69. The van der Waals surface area contributed by atoms with Gasteiger partial charge in [0, 0.05) is 12.1 Å². The lowest BCUT2D eigenvalue weighted by Gasteiger charge is -2.38. The van der Waals surface area contributed by atoms with E-state index in [0.717, 1.165) is 19.3 Å². The van der Waals surface area contributed by atoms with E-state index in [1.807, 2.05) is 25.7 Å². The van der Waals surface area contributed by atoms with Crippen molar-refractivity contribution in [3.8, 4) is 0 Å². The van der Waals surface area contributed by atoms with Crippen molar-refractivity contribution in [2.24, 2.45) is 0 Å². The van der Waals surface area contributed by atoms with E-state index >= 15 is 0 Å². The van der Waals surface area contributed by atoms with Crippen molar-refractivity contribution in [2.75, 3.05) is 0 Å². The summed E-state index contributed by atoms with van der Waals surface area (Å²) in [7, 11) is 0. The first-order valence-corrected chi connectivity index (χ1v) is 6.62. The third kappa shape index (κ3) is 2.57. The first-order valence-electron chi connectivity index (χ1n) is 6.62. The molecule has 4 heteroatoms. The van der Waals surface area contributed by atoms with Crippen LogP contribution in [-0.2, 0) is 4.74 Å². The summed E-state index contributed by atoms with van der Waals surface area (Å²) in [5.41, 5.74) is -0.396. The molecule has 2 rings (SSSR count). The first-order chi connectivity index (χ1) is 7.93. The van der Waals surface area contributed by atoms with Gasteiger partial charge in [-0.2, -0.15) is 0 Å². The highest BCUT2D eigenvalue weighted by molar-refractivity contribution is 5.69. The Kier molecular flexibility index (Phi) is 3.34. The Hall–Kier alpha value is -0.770. The topological polar surface area (TPSA) is 49.8 Å². The van der Waals surface area contributed by atoms with Gasteiger partial charge in [-0.1, -0.05) is 6.92 Å². The maximum absolute atomic E-state index is 12.2. The molecular weight excluding hydrogens is 218 g/mol. The Morgan fingerprint density at radius 2 is 1.88 bits per heavy atom. The number of rotatable bonds is 2. The normalized spacial score (nSPS) is 32.7. The van der Waals surface area contributed by atoms with Crippen LogP contribution in [0.25, 0.3) is 0 Å². The van der Waals surface area contributed by atoms with Crippen molar-refractivity contribution in [1.82, 2.24) is 4.90 Å². The third-order valence-corrected chi connectivity index (χ3v) is 4.13. The molecule has 0 saturated carbocycles. The highest BCUT2D eigenvalue weighted by Gasteiger charge is 2.44. The molecule has 4 nitrogen and oxygen atoms in total. The van der Waals surface area contributed by atoms with E-state index in [2.05, 4.69) is 0 Å². The fourth-order valence-electron chi connectivity index (χ4n) is 2.81. The van der Waals surface area contributed by atoms with Gasteiger partial charge in [0.05, 0.1) is 6.10 Å². The summed E-state index contributed by atoms with van der Waals surface area (Å²) in [6.45, 7) is 5.89. The average molecular weight is 241 g/mol. The van der Waals surface area contributed by atoms with Gasteiger partial charge in [-0.15, -0.1) is 0 Å². The van der Waals surface area contributed by atoms with Gasteiger partial charge in [0.25, 0.3) is 0 Å². The number of aliphatic hydroxyl groups excluding tert-OH is 1. The van der Waals surface area contributed by atoms with Gasteiger partial charge in [-0.25, -0.2) is 4.79 Å². The third-order valence-electron chi connectivity index (χ3n) is 4.13. The maximum Gasteiger partial charge on any atom is 0.410 e. The fraction of sp³-hybridized carbons (Fsp3) is 0.923. The number of nitrogens with zero attached hydrogens (tertiary/aromatic N) is 1. The van der Waals surface area contributed by atoms with Crippen molar-refractivity contribution in [1.29, 1.82) is 0 Å².